The second-order valence-electron chi connectivity index (χ2n) is 9.80. The van der Waals surface area contributed by atoms with Crippen molar-refractivity contribution in [1.82, 2.24) is 19.4 Å². The van der Waals surface area contributed by atoms with Gasteiger partial charge in [-0.3, -0.25) is 9.59 Å². The SMILES string of the molecule is COc1cc(C)c(S(=O)N(C)CCC(=O)NCCN(C)C(=O)c2ccc3c(c2)CCN(C)CC3)c(C)c1. The van der Waals surface area contributed by atoms with Crippen LogP contribution in [0.25, 0.3) is 0 Å². The quantitative estimate of drug-likeness (QED) is 0.513. The van der Waals surface area contributed by atoms with Crippen molar-refractivity contribution in [2.24, 2.45) is 0 Å². The molecule has 1 N–H and O–H groups in total. The van der Waals surface area contributed by atoms with E-state index in [0.29, 0.717) is 25.2 Å². The average Bonchev–Trinajstić information content (AvgIpc) is 3.06. The van der Waals surface area contributed by atoms with Crippen molar-refractivity contribution in [2.45, 2.75) is 38.0 Å². The molecule has 37 heavy (non-hydrogen) atoms. The van der Waals surface area contributed by atoms with E-state index in [1.165, 1.54) is 11.1 Å². The summed E-state index contributed by atoms with van der Waals surface area (Å²) in [4.78, 5) is 30.0. The van der Waals surface area contributed by atoms with Crippen LogP contribution in [0.3, 0.4) is 0 Å². The number of ether oxygens (including phenoxy) is 1. The molecule has 202 valence electrons. The highest BCUT2D eigenvalue weighted by molar-refractivity contribution is 7.82. The molecule has 1 unspecified atom stereocenters. The lowest BCUT2D eigenvalue weighted by atomic mass is 9.99. The molecule has 2 aromatic rings. The number of hydrogen-bond donors (Lipinski definition) is 1. The summed E-state index contributed by atoms with van der Waals surface area (Å²) >= 11 is 0. The summed E-state index contributed by atoms with van der Waals surface area (Å²) in [6.07, 6.45) is 2.17. The summed E-state index contributed by atoms with van der Waals surface area (Å²) in [7, 11) is 5.85. The third kappa shape index (κ3) is 7.63. The first-order valence-corrected chi connectivity index (χ1v) is 13.8. The Balaban J connectivity index is 1.45. The molecule has 0 saturated heterocycles. The van der Waals surface area contributed by atoms with Crippen molar-refractivity contribution in [3.63, 3.8) is 0 Å². The minimum absolute atomic E-state index is 0.0463. The molecule has 2 aromatic carbocycles. The average molecular weight is 529 g/mol. The molecular formula is C28H40N4O4S. The maximum Gasteiger partial charge on any atom is 0.253 e. The van der Waals surface area contributed by atoms with Crippen LogP contribution in [0.15, 0.2) is 35.2 Å². The maximum atomic E-state index is 13.1. The minimum atomic E-state index is -1.38. The van der Waals surface area contributed by atoms with E-state index in [-0.39, 0.29) is 18.2 Å². The third-order valence-electron chi connectivity index (χ3n) is 6.88. The fraction of sp³-hybridized carbons (Fsp3) is 0.500. The number of methoxy groups -OCH3 is 1. The Morgan fingerprint density at radius 2 is 1.68 bits per heavy atom. The zero-order chi connectivity index (χ0) is 27.1. The van der Waals surface area contributed by atoms with Crippen LogP contribution in [0, 0.1) is 13.8 Å². The van der Waals surface area contributed by atoms with Crippen molar-refractivity contribution in [3.05, 3.63) is 58.1 Å². The standard InChI is InChI=1S/C28H40N4O4S/c1-20-17-25(36-6)18-21(2)27(20)37(35)32(5)15-11-26(33)29-12-16-31(4)28(34)24-8-7-22-9-13-30(3)14-10-23(22)19-24/h7-8,17-19H,9-16H2,1-6H3,(H,29,33). The Morgan fingerprint density at radius 1 is 1.03 bits per heavy atom. The van der Waals surface area contributed by atoms with Crippen LogP contribution < -0.4 is 10.1 Å². The highest BCUT2D eigenvalue weighted by Gasteiger charge is 2.19. The summed E-state index contributed by atoms with van der Waals surface area (Å²) < 4.78 is 20.0. The minimum Gasteiger partial charge on any atom is -0.497 e. The number of carbonyl (C=O) groups is 2. The van der Waals surface area contributed by atoms with Crippen molar-refractivity contribution in [1.29, 1.82) is 0 Å². The number of benzene rings is 2. The van der Waals surface area contributed by atoms with E-state index in [9.17, 15) is 13.8 Å². The van der Waals surface area contributed by atoms with E-state index in [1.54, 1.807) is 30.4 Å². The second-order valence-corrected chi connectivity index (χ2v) is 11.3. The van der Waals surface area contributed by atoms with Crippen LogP contribution in [0.2, 0.25) is 0 Å². The number of fused-ring (bicyclic) bond motifs is 1. The first kappa shape index (κ1) is 28.8. The number of likely N-dealkylation sites (N-methyl/N-ethyl adjacent to an activating group) is 2. The van der Waals surface area contributed by atoms with Gasteiger partial charge < -0.3 is 19.9 Å². The summed E-state index contributed by atoms with van der Waals surface area (Å²) in [5.41, 5.74) is 5.03. The van der Waals surface area contributed by atoms with Crippen molar-refractivity contribution < 1.29 is 18.5 Å². The van der Waals surface area contributed by atoms with Gasteiger partial charge in [0.25, 0.3) is 5.91 Å². The monoisotopic (exact) mass is 528 g/mol. The van der Waals surface area contributed by atoms with Crippen LogP contribution in [-0.2, 0) is 28.6 Å². The van der Waals surface area contributed by atoms with E-state index in [4.69, 9.17) is 4.74 Å². The lowest BCUT2D eigenvalue weighted by Crippen LogP contribution is -2.37. The van der Waals surface area contributed by atoms with E-state index < -0.39 is 11.0 Å². The highest BCUT2D eigenvalue weighted by Crippen LogP contribution is 2.25. The van der Waals surface area contributed by atoms with Gasteiger partial charge in [0.05, 0.1) is 12.0 Å². The smallest absolute Gasteiger partial charge is 0.253 e. The molecular weight excluding hydrogens is 488 g/mol. The van der Waals surface area contributed by atoms with Gasteiger partial charge in [0.2, 0.25) is 5.91 Å². The molecule has 1 aliphatic heterocycles. The predicted molar refractivity (Wildman–Crippen MR) is 147 cm³/mol. The van der Waals surface area contributed by atoms with Crippen LogP contribution in [-0.4, -0.2) is 91.1 Å². The third-order valence-corrected chi connectivity index (χ3v) is 8.62. The molecule has 3 rings (SSSR count). The first-order valence-electron chi connectivity index (χ1n) is 12.7. The van der Waals surface area contributed by atoms with Gasteiger partial charge in [0.1, 0.15) is 16.7 Å². The number of rotatable bonds is 10. The molecule has 0 saturated carbocycles. The Bertz CT molecular complexity index is 1130. The van der Waals surface area contributed by atoms with E-state index in [1.807, 2.05) is 38.1 Å². The van der Waals surface area contributed by atoms with Gasteiger partial charge in [-0.25, -0.2) is 8.51 Å². The van der Waals surface area contributed by atoms with Crippen molar-refractivity contribution in [3.8, 4) is 5.75 Å². The van der Waals surface area contributed by atoms with E-state index >= 15 is 0 Å². The molecule has 0 aromatic heterocycles. The van der Waals surface area contributed by atoms with Gasteiger partial charge in [0, 0.05) is 58.8 Å². The van der Waals surface area contributed by atoms with Crippen LogP contribution >= 0.6 is 0 Å². The van der Waals surface area contributed by atoms with Gasteiger partial charge in [0.15, 0.2) is 0 Å². The van der Waals surface area contributed by atoms with E-state index in [2.05, 4.69) is 23.3 Å². The number of nitrogens with zero attached hydrogens (tertiary/aromatic N) is 3. The summed E-state index contributed by atoms with van der Waals surface area (Å²) in [6, 6.07) is 9.73. The molecule has 1 aliphatic rings. The van der Waals surface area contributed by atoms with Crippen LogP contribution in [0.1, 0.15) is 39.0 Å². The lowest BCUT2D eigenvalue weighted by molar-refractivity contribution is -0.121. The van der Waals surface area contributed by atoms with Crippen LogP contribution in [0.4, 0.5) is 0 Å². The fourth-order valence-electron chi connectivity index (χ4n) is 4.54. The van der Waals surface area contributed by atoms with Crippen molar-refractivity contribution in [2.75, 3.05) is 61.0 Å². The second kappa shape index (κ2) is 13.2. The van der Waals surface area contributed by atoms with Gasteiger partial charge in [-0.1, -0.05) is 6.07 Å². The van der Waals surface area contributed by atoms with Crippen molar-refractivity contribution >= 4 is 22.8 Å². The zero-order valence-electron chi connectivity index (χ0n) is 22.9. The lowest BCUT2D eigenvalue weighted by Gasteiger charge is -2.20. The summed E-state index contributed by atoms with van der Waals surface area (Å²) in [5.74, 6) is 0.549. The molecule has 2 amide bonds. The largest absolute Gasteiger partial charge is 0.497 e. The molecule has 0 spiro atoms. The highest BCUT2D eigenvalue weighted by atomic mass is 32.2. The zero-order valence-corrected chi connectivity index (χ0v) is 23.7. The number of amides is 2. The Kier molecular flexibility index (Phi) is 10.3. The molecule has 0 radical (unpaired) electrons. The normalized spacial score (nSPS) is 14.6. The maximum absolute atomic E-state index is 13.1. The molecule has 0 aliphatic carbocycles. The number of nitrogens with one attached hydrogen (secondary N) is 1. The molecule has 1 heterocycles. The predicted octanol–water partition coefficient (Wildman–Crippen LogP) is 2.58. The summed E-state index contributed by atoms with van der Waals surface area (Å²) in [5, 5.41) is 2.87. The molecule has 0 fully saturated rings. The fourth-order valence-corrected chi connectivity index (χ4v) is 5.78. The van der Waals surface area contributed by atoms with Gasteiger partial charge in [-0.05, 0) is 80.3 Å². The van der Waals surface area contributed by atoms with Gasteiger partial charge in [-0.15, -0.1) is 0 Å². The summed E-state index contributed by atoms with van der Waals surface area (Å²) in [6.45, 7) is 6.97. The van der Waals surface area contributed by atoms with E-state index in [0.717, 1.165) is 47.7 Å². The first-order chi connectivity index (χ1) is 17.6. The Hall–Kier alpha value is -2.75. The molecule has 0 bridgehead atoms. The van der Waals surface area contributed by atoms with Gasteiger partial charge in [-0.2, -0.15) is 0 Å². The Morgan fingerprint density at radius 3 is 2.32 bits per heavy atom. The topological polar surface area (TPSA) is 82.2 Å². The Labute approximate surface area is 223 Å². The van der Waals surface area contributed by atoms with Gasteiger partial charge >= 0.3 is 0 Å². The number of hydrogen-bond acceptors (Lipinski definition) is 5. The number of carbonyl (C=O) groups excluding carboxylic acids is 2. The molecule has 1 atom stereocenters. The molecule has 9 heteroatoms. The number of aryl methyl sites for hydroxylation is 2. The molecule has 8 nitrogen and oxygen atoms in total. The van der Waals surface area contributed by atoms with Crippen LogP contribution in [0.5, 0.6) is 5.75 Å².